The van der Waals surface area contributed by atoms with Gasteiger partial charge >= 0.3 is 0 Å². The van der Waals surface area contributed by atoms with Crippen molar-refractivity contribution in [3.05, 3.63) is 29.3 Å². The van der Waals surface area contributed by atoms with Gasteiger partial charge in [-0.1, -0.05) is 0 Å². The van der Waals surface area contributed by atoms with E-state index in [0.717, 1.165) is 11.3 Å². The minimum Gasteiger partial charge on any atom is -0.369 e. The molecule has 122 valence electrons. The Balaban J connectivity index is 1.79. The van der Waals surface area contributed by atoms with Gasteiger partial charge in [0.25, 0.3) is 5.91 Å². The molecule has 1 aromatic rings. The molecule has 0 bridgehead atoms. The molecule has 0 aromatic heterocycles. The van der Waals surface area contributed by atoms with Gasteiger partial charge in [-0.2, -0.15) is 0 Å². The zero-order valence-electron chi connectivity index (χ0n) is 13.4. The van der Waals surface area contributed by atoms with Crippen LogP contribution in [0, 0.1) is 5.92 Å². The van der Waals surface area contributed by atoms with E-state index < -0.39 is 5.41 Å². The summed E-state index contributed by atoms with van der Waals surface area (Å²) >= 11 is 0. The standard InChI is InChI=1S/C17H21N3O3/c1-17(2)12-9-11(3-4-13(12)19-16(17)23)15(22)20-7-5-10(6-8-20)14(18)21/h3-4,9-10H,5-8H2,1-2H3,(H2,18,21)(H,19,23). The van der Waals surface area contributed by atoms with Crippen molar-refractivity contribution in [2.75, 3.05) is 18.4 Å². The predicted octanol–water partition coefficient (Wildman–Crippen LogP) is 1.25. The number of carbonyl (C=O) groups is 3. The topological polar surface area (TPSA) is 92.5 Å². The van der Waals surface area contributed by atoms with E-state index in [1.54, 1.807) is 23.1 Å². The van der Waals surface area contributed by atoms with E-state index in [-0.39, 0.29) is 23.6 Å². The summed E-state index contributed by atoms with van der Waals surface area (Å²) < 4.78 is 0. The van der Waals surface area contributed by atoms with Crippen LogP contribution < -0.4 is 11.1 Å². The van der Waals surface area contributed by atoms with Crippen LogP contribution in [0.1, 0.15) is 42.6 Å². The number of nitrogens with two attached hydrogens (primary N) is 1. The van der Waals surface area contributed by atoms with Crippen LogP contribution in [-0.4, -0.2) is 35.7 Å². The summed E-state index contributed by atoms with van der Waals surface area (Å²) in [7, 11) is 0. The molecule has 3 amide bonds. The zero-order chi connectivity index (χ0) is 16.8. The van der Waals surface area contributed by atoms with Crippen LogP contribution in [0.3, 0.4) is 0 Å². The lowest BCUT2D eigenvalue weighted by atomic mass is 9.85. The van der Waals surface area contributed by atoms with E-state index in [4.69, 9.17) is 5.73 Å². The van der Waals surface area contributed by atoms with Gasteiger partial charge in [0.15, 0.2) is 0 Å². The molecule has 2 aliphatic rings. The van der Waals surface area contributed by atoms with Crippen molar-refractivity contribution >= 4 is 23.4 Å². The number of nitrogens with zero attached hydrogens (tertiary/aromatic N) is 1. The Morgan fingerprint density at radius 1 is 1.26 bits per heavy atom. The van der Waals surface area contributed by atoms with Gasteiger partial charge in [-0.25, -0.2) is 0 Å². The van der Waals surface area contributed by atoms with Gasteiger partial charge in [0, 0.05) is 30.3 Å². The zero-order valence-corrected chi connectivity index (χ0v) is 13.4. The number of fused-ring (bicyclic) bond motifs is 1. The molecule has 2 aliphatic heterocycles. The molecule has 0 unspecified atom stereocenters. The Morgan fingerprint density at radius 2 is 1.91 bits per heavy atom. The fourth-order valence-electron chi connectivity index (χ4n) is 3.25. The van der Waals surface area contributed by atoms with Crippen LogP contribution >= 0.6 is 0 Å². The molecular weight excluding hydrogens is 294 g/mol. The Morgan fingerprint density at radius 3 is 2.52 bits per heavy atom. The molecule has 0 aliphatic carbocycles. The molecule has 1 saturated heterocycles. The maximum Gasteiger partial charge on any atom is 0.253 e. The molecule has 0 spiro atoms. The van der Waals surface area contributed by atoms with Gasteiger partial charge in [0.1, 0.15) is 0 Å². The summed E-state index contributed by atoms with van der Waals surface area (Å²) in [5.74, 6) is -0.550. The maximum atomic E-state index is 12.7. The summed E-state index contributed by atoms with van der Waals surface area (Å²) in [6, 6.07) is 5.32. The molecule has 0 atom stereocenters. The van der Waals surface area contributed by atoms with Crippen molar-refractivity contribution in [1.82, 2.24) is 4.90 Å². The second-order valence-electron chi connectivity index (χ2n) is 6.81. The molecule has 6 nitrogen and oxygen atoms in total. The SMILES string of the molecule is CC1(C)C(=O)Nc2ccc(C(=O)N3CCC(C(N)=O)CC3)cc21. The Kier molecular flexibility index (Phi) is 3.62. The van der Waals surface area contributed by atoms with Crippen LogP contribution in [0.2, 0.25) is 0 Å². The van der Waals surface area contributed by atoms with E-state index in [2.05, 4.69) is 5.32 Å². The highest BCUT2D eigenvalue weighted by molar-refractivity contribution is 6.07. The molecule has 6 heteroatoms. The maximum absolute atomic E-state index is 12.7. The second-order valence-corrected chi connectivity index (χ2v) is 6.81. The quantitative estimate of drug-likeness (QED) is 0.860. The Labute approximate surface area is 135 Å². The smallest absolute Gasteiger partial charge is 0.253 e. The number of anilines is 1. The summed E-state index contributed by atoms with van der Waals surface area (Å²) in [6.45, 7) is 4.76. The van der Waals surface area contributed by atoms with E-state index in [1.165, 1.54) is 0 Å². The molecule has 1 aromatic carbocycles. The average molecular weight is 315 g/mol. The van der Waals surface area contributed by atoms with Gasteiger partial charge < -0.3 is 16.0 Å². The monoisotopic (exact) mass is 315 g/mol. The minimum absolute atomic E-state index is 0.0561. The van der Waals surface area contributed by atoms with Gasteiger partial charge in [-0.3, -0.25) is 14.4 Å². The Hall–Kier alpha value is -2.37. The van der Waals surface area contributed by atoms with E-state index >= 15 is 0 Å². The lowest BCUT2D eigenvalue weighted by Crippen LogP contribution is -2.41. The summed E-state index contributed by atoms with van der Waals surface area (Å²) in [4.78, 5) is 37.6. The van der Waals surface area contributed by atoms with Crippen LogP contribution in [0.15, 0.2) is 18.2 Å². The van der Waals surface area contributed by atoms with Crippen LogP contribution in [0.25, 0.3) is 0 Å². The van der Waals surface area contributed by atoms with Crippen molar-refractivity contribution in [2.24, 2.45) is 11.7 Å². The molecule has 23 heavy (non-hydrogen) atoms. The van der Waals surface area contributed by atoms with Crippen LogP contribution in [0.5, 0.6) is 0 Å². The summed E-state index contributed by atoms with van der Waals surface area (Å²) in [6.07, 6.45) is 1.22. The van der Waals surface area contributed by atoms with E-state index in [1.807, 2.05) is 13.8 Å². The van der Waals surface area contributed by atoms with Gasteiger partial charge in [0.2, 0.25) is 11.8 Å². The third-order valence-corrected chi connectivity index (χ3v) is 4.94. The van der Waals surface area contributed by atoms with Crippen LogP contribution in [-0.2, 0) is 15.0 Å². The number of primary amides is 1. The second kappa shape index (κ2) is 5.37. The van der Waals surface area contributed by atoms with Gasteiger partial charge in [-0.15, -0.1) is 0 Å². The highest BCUT2D eigenvalue weighted by atomic mass is 16.2. The van der Waals surface area contributed by atoms with Crippen molar-refractivity contribution in [2.45, 2.75) is 32.1 Å². The minimum atomic E-state index is -0.634. The average Bonchev–Trinajstić information content (AvgIpc) is 2.76. The van der Waals surface area contributed by atoms with Gasteiger partial charge in [-0.05, 0) is 50.5 Å². The third kappa shape index (κ3) is 2.58. The molecular formula is C17H21N3O3. The number of rotatable bonds is 2. The summed E-state index contributed by atoms with van der Waals surface area (Å²) in [5.41, 5.74) is 6.88. The molecule has 3 N–H and O–H groups in total. The predicted molar refractivity (Wildman–Crippen MR) is 85.9 cm³/mol. The van der Waals surface area contributed by atoms with E-state index in [9.17, 15) is 14.4 Å². The number of amides is 3. The normalized spacial score (nSPS) is 20.1. The Bertz CT molecular complexity index is 688. The van der Waals surface area contributed by atoms with Crippen molar-refractivity contribution in [3.63, 3.8) is 0 Å². The number of benzene rings is 1. The molecule has 0 radical (unpaired) electrons. The first-order chi connectivity index (χ1) is 10.8. The summed E-state index contributed by atoms with van der Waals surface area (Å²) in [5, 5.41) is 2.84. The third-order valence-electron chi connectivity index (χ3n) is 4.94. The number of nitrogens with one attached hydrogen (secondary N) is 1. The number of piperidine rings is 1. The number of likely N-dealkylation sites (tertiary alicyclic amines) is 1. The molecule has 3 rings (SSSR count). The number of hydrogen-bond donors (Lipinski definition) is 2. The molecule has 0 saturated carbocycles. The molecule has 2 heterocycles. The first-order valence-electron chi connectivity index (χ1n) is 7.85. The van der Waals surface area contributed by atoms with Gasteiger partial charge in [0.05, 0.1) is 5.41 Å². The van der Waals surface area contributed by atoms with Crippen molar-refractivity contribution in [3.8, 4) is 0 Å². The largest absolute Gasteiger partial charge is 0.369 e. The highest BCUT2D eigenvalue weighted by Crippen LogP contribution is 2.38. The van der Waals surface area contributed by atoms with Crippen molar-refractivity contribution < 1.29 is 14.4 Å². The number of carbonyl (C=O) groups excluding carboxylic acids is 3. The lowest BCUT2D eigenvalue weighted by molar-refractivity contribution is -0.123. The first kappa shape index (κ1) is 15.5. The van der Waals surface area contributed by atoms with Crippen LogP contribution in [0.4, 0.5) is 5.69 Å². The molecule has 1 fully saturated rings. The lowest BCUT2D eigenvalue weighted by Gasteiger charge is -2.30. The first-order valence-corrected chi connectivity index (χ1v) is 7.85. The van der Waals surface area contributed by atoms with E-state index in [0.29, 0.717) is 31.5 Å². The highest BCUT2D eigenvalue weighted by Gasteiger charge is 2.39. The number of hydrogen-bond acceptors (Lipinski definition) is 3. The fourth-order valence-corrected chi connectivity index (χ4v) is 3.25. The fraction of sp³-hybridized carbons (Fsp3) is 0.471. The van der Waals surface area contributed by atoms with Crippen molar-refractivity contribution in [1.29, 1.82) is 0 Å².